The SMILES string of the molecule is CCOc1cc(C(=Nc2cc(C)ccc2C)c2ccc(C(=O)O)cc2)cc2c1C(C)(C)CCC2(C)C. The molecule has 1 aliphatic rings. The fourth-order valence-corrected chi connectivity index (χ4v) is 5.16. The fraction of sp³-hybridized carbons (Fsp3) is 0.375. The number of hydrogen-bond donors (Lipinski definition) is 1. The average molecular weight is 484 g/mol. The van der Waals surface area contributed by atoms with Crippen molar-refractivity contribution in [3.63, 3.8) is 0 Å². The molecule has 3 aromatic rings. The van der Waals surface area contributed by atoms with Crippen molar-refractivity contribution in [1.29, 1.82) is 0 Å². The van der Waals surface area contributed by atoms with Gasteiger partial charge in [-0.2, -0.15) is 0 Å². The van der Waals surface area contributed by atoms with Crippen LogP contribution in [0, 0.1) is 13.8 Å². The van der Waals surface area contributed by atoms with Crippen LogP contribution in [0.4, 0.5) is 5.69 Å². The highest BCUT2D eigenvalue weighted by atomic mass is 16.5. The van der Waals surface area contributed by atoms with Crippen LogP contribution in [0.5, 0.6) is 5.75 Å². The number of carboxylic acids is 1. The van der Waals surface area contributed by atoms with Gasteiger partial charge in [0.15, 0.2) is 0 Å². The quantitative estimate of drug-likeness (QED) is 0.362. The molecule has 1 N–H and O–H groups in total. The van der Waals surface area contributed by atoms with Gasteiger partial charge in [0.05, 0.1) is 23.6 Å². The molecular weight excluding hydrogens is 446 g/mol. The van der Waals surface area contributed by atoms with Gasteiger partial charge in [-0.15, -0.1) is 0 Å². The first-order chi connectivity index (χ1) is 16.9. The van der Waals surface area contributed by atoms with Crippen molar-refractivity contribution in [3.8, 4) is 5.75 Å². The minimum atomic E-state index is -0.939. The van der Waals surface area contributed by atoms with Crippen LogP contribution < -0.4 is 4.74 Å². The Bertz CT molecular complexity index is 1330. The van der Waals surface area contributed by atoms with Gasteiger partial charge in [0.2, 0.25) is 0 Å². The number of rotatable bonds is 6. The van der Waals surface area contributed by atoms with Gasteiger partial charge in [-0.1, -0.05) is 52.0 Å². The molecule has 0 unspecified atom stereocenters. The van der Waals surface area contributed by atoms with E-state index in [0.717, 1.165) is 52.2 Å². The topological polar surface area (TPSA) is 58.9 Å². The van der Waals surface area contributed by atoms with E-state index in [1.807, 2.05) is 19.1 Å². The van der Waals surface area contributed by atoms with Gasteiger partial charge in [0.1, 0.15) is 5.75 Å². The first-order valence-corrected chi connectivity index (χ1v) is 12.7. The van der Waals surface area contributed by atoms with Crippen molar-refractivity contribution in [2.24, 2.45) is 4.99 Å². The van der Waals surface area contributed by atoms with Crippen LogP contribution in [0.2, 0.25) is 0 Å². The monoisotopic (exact) mass is 483 g/mol. The molecule has 0 aliphatic heterocycles. The number of carboxylic acid groups (broad SMARTS) is 1. The Labute approximate surface area is 215 Å². The van der Waals surface area contributed by atoms with E-state index in [4.69, 9.17) is 9.73 Å². The molecule has 188 valence electrons. The molecule has 0 atom stereocenters. The summed E-state index contributed by atoms with van der Waals surface area (Å²) in [5.41, 5.74) is 8.66. The van der Waals surface area contributed by atoms with Crippen LogP contribution in [0.1, 0.15) is 91.2 Å². The van der Waals surface area contributed by atoms with Gasteiger partial charge >= 0.3 is 5.97 Å². The molecule has 0 spiro atoms. The lowest BCUT2D eigenvalue weighted by Gasteiger charge is -2.43. The van der Waals surface area contributed by atoms with E-state index < -0.39 is 5.97 Å². The minimum Gasteiger partial charge on any atom is -0.494 e. The summed E-state index contributed by atoms with van der Waals surface area (Å²) in [6.45, 7) is 16.0. The Morgan fingerprint density at radius 1 is 0.889 bits per heavy atom. The Hall–Kier alpha value is -3.40. The highest BCUT2D eigenvalue weighted by Gasteiger charge is 2.40. The first kappa shape index (κ1) is 25.7. The predicted molar refractivity (Wildman–Crippen MR) is 148 cm³/mol. The van der Waals surface area contributed by atoms with Crippen LogP contribution in [0.25, 0.3) is 0 Å². The second kappa shape index (κ2) is 9.57. The second-order valence-corrected chi connectivity index (χ2v) is 11.2. The summed E-state index contributed by atoms with van der Waals surface area (Å²) in [5.74, 6) is -0.0236. The Balaban J connectivity index is 2.01. The smallest absolute Gasteiger partial charge is 0.335 e. The van der Waals surface area contributed by atoms with E-state index in [1.54, 1.807) is 12.1 Å². The summed E-state index contributed by atoms with van der Waals surface area (Å²) < 4.78 is 6.27. The van der Waals surface area contributed by atoms with Crippen molar-refractivity contribution < 1.29 is 14.6 Å². The summed E-state index contributed by atoms with van der Waals surface area (Å²) in [7, 11) is 0. The van der Waals surface area contributed by atoms with Crippen LogP contribution in [-0.2, 0) is 10.8 Å². The van der Waals surface area contributed by atoms with Gasteiger partial charge in [0, 0.05) is 16.7 Å². The number of fused-ring (bicyclic) bond motifs is 1. The Morgan fingerprint density at radius 2 is 1.53 bits per heavy atom. The largest absolute Gasteiger partial charge is 0.494 e. The summed E-state index contributed by atoms with van der Waals surface area (Å²) in [6, 6.07) is 17.7. The van der Waals surface area contributed by atoms with Crippen molar-refractivity contribution in [1.82, 2.24) is 0 Å². The van der Waals surface area contributed by atoms with E-state index >= 15 is 0 Å². The molecule has 4 heteroatoms. The van der Waals surface area contributed by atoms with Crippen LogP contribution in [-0.4, -0.2) is 23.4 Å². The Kier molecular flexibility index (Phi) is 6.83. The van der Waals surface area contributed by atoms with E-state index in [9.17, 15) is 9.90 Å². The van der Waals surface area contributed by atoms with E-state index in [2.05, 4.69) is 71.9 Å². The zero-order valence-corrected chi connectivity index (χ0v) is 22.5. The number of aliphatic imine (C=N–C) groups is 1. The summed E-state index contributed by atoms with van der Waals surface area (Å²) in [5, 5.41) is 9.42. The molecule has 0 fully saturated rings. The third-order valence-corrected chi connectivity index (χ3v) is 7.46. The molecule has 0 aromatic heterocycles. The molecule has 1 aliphatic carbocycles. The molecule has 0 amide bonds. The lowest BCUT2D eigenvalue weighted by atomic mass is 9.62. The Morgan fingerprint density at radius 3 is 2.17 bits per heavy atom. The molecular formula is C32H37NO3. The van der Waals surface area contributed by atoms with Crippen LogP contribution in [0.15, 0.2) is 59.6 Å². The van der Waals surface area contributed by atoms with Crippen molar-refractivity contribution >= 4 is 17.4 Å². The molecule has 0 bridgehead atoms. The fourth-order valence-electron chi connectivity index (χ4n) is 5.16. The maximum Gasteiger partial charge on any atom is 0.335 e. The van der Waals surface area contributed by atoms with Gasteiger partial charge in [-0.3, -0.25) is 0 Å². The number of benzene rings is 3. The first-order valence-electron chi connectivity index (χ1n) is 12.7. The van der Waals surface area contributed by atoms with Crippen molar-refractivity contribution in [2.45, 2.75) is 72.1 Å². The van der Waals surface area contributed by atoms with E-state index in [1.165, 1.54) is 11.1 Å². The number of nitrogens with zero attached hydrogens (tertiary/aromatic N) is 1. The normalized spacial score (nSPS) is 16.4. The summed E-state index contributed by atoms with van der Waals surface area (Å²) in [6.07, 6.45) is 2.20. The van der Waals surface area contributed by atoms with Gasteiger partial charge in [-0.25, -0.2) is 9.79 Å². The summed E-state index contributed by atoms with van der Waals surface area (Å²) >= 11 is 0. The zero-order chi connectivity index (χ0) is 26.3. The van der Waals surface area contributed by atoms with Crippen molar-refractivity contribution in [3.05, 3.63) is 93.5 Å². The second-order valence-electron chi connectivity index (χ2n) is 11.2. The van der Waals surface area contributed by atoms with Crippen LogP contribution >= 0.6 is 0 Å². The number of hydrogen-bond acceptors (Lipinski definition) is 3. The molecule has 0 saturated heterocycles. The highest BCUT2D eigenvalue weighted by molar-refractivity contribution is 6.14. The lowest BCUT2D eigenvalue weighted by Crippen LogP contribution is -2.34. The molecule has 0 heterocycles. The van der Waals surface area contributed by atoms with Crippen molar-refractivity contribution in [2.75, 3.05) is 6.61 Å². The number of aromatic carboxylic acids is 1. The summed E-state index contributed by atoms with van der Waals surface area (Å²) in [4.78, 5) is 16.7. The molecule has 0 saturated carbocycles. The van der Waals surface area contributed by atoms with Gasteiger partial charge < -0.3 is 9.84 Å². The predicted octanol–water partition coefficient (Wildman–Crippen LogP) is 7.92. The van der Waals surface area contributed by atoms with E-state index in [-0.39, 0.29) is 16.4 Å². The average Bonchev–Trinajstić information content (AvgIpc) is 2.82. The highest BCUT2D eigenvalue weighted by Crippen LogP contribution is 2.50. The number of ether oxygens (including phenoxy) is 1. The lowest BCUT2D eigenvalue weighted by molar-refractivity contribution is 0.0697. The van der Waals surface area contributed by atoms with Gasteiger partial charge in [-0.05, 0) is 91.5 Å². The van der Waals surface area contributed by atoms with Gasteiger partial charge in [0.25, 0.3) is 0 Å². The third-order valence-electron chi connectivity index (χ3n) is 7.46. The number of carbonyl (C=O) groups is 1. The molecule has 4 nitrogen and oxygen atoms in total. The third kappa shape index (κ3) is 4.95. The molecule has 3 aromatic carbocycles. The standard InChI is InChI=1S/C32H37NO3/c1-8-36-27-19-24(18-25-28(27)32(6,7)16-15-31(25,4)5)29(22-11-13-23(14-12-22)30(34)35)33-26-17-20(2)9-10-21(26)3/h9-14,17-19H,8,15-16H2,1-7H3,(H,34,35). The number of aryl methyl sites for hydroxylation is 2. The maximum atomic E-state index is 11.5. The minimum absolute atomic E-state index is 0.00421. The maximum absolute atomic E-state index is 11.5. The molecule has 0 radical (unpaired) electrons. The molecule has 4 rings (SSSR count). The van der Waals surface area contributed by atoms with E-state index in [0.29, 0.717) is 6.61 Å². The molecule has 36 heavy (non-hydrogen) atoms. The van der Waals surface area contributed by atoms with Crippen LogP contribution in [0.3, 0.4) is 0 Å². The zero-order valence-electron chi connectivity index (χ0n) is 22.5.